The Morgan fingerprint density at radius 3 is 2.95 bits per heavy atom. The van der Waals surface area contributed by atoms with E-state index < -0.39 is 0 Å². The summed E-state index contributed by atoms with van der Waals surface area (Å²) < 4.78 is 0. The lowest BCUT2D eigenvalue weighted by molar-refractivity contribution is 0.200. The molecule has 0 radical (unpaired) electrons. The first-order valence-corrected chi connectivity index (χ1v) is 7.03. The van der Waals surface area contributed by atoms with E-state index in [-0.39, 0.29) is 12.4 Å². The first kappa shape index (κ1) is 15.2. The van der Waals surface area contributed by atoms with E-state index in [0.29, 0.717) is 6.04 Å². The SMILES string of the molecule is Cc1ccc2cc(CN3CCN[C@@H](C)C3)ccc2n1.Cl. The highest BCUT2D eigenvalue weighted by Gasteiger charge is 2.15. The molecule has 1 N–H and O–H groups in total. The normalized spacial score (nSPS) is 19.8. The topological polar surface area (TPSA) is 28.2 Å². The molecule has 0 aliphatic carbocycles. The number of halogens is 1. The fraction of sp³-hybridized carbons (Fsp3) is 0.438. The van der Waals surface area contributed by atoms with Gasteiger partial charge < -0.3 is 5.32 Å². The molecule has 1 atom stereocenters. The summed E-state index contributed by atoms with van der Waals surface area (Å²) in [6.07, 6.45) is 0. The standard InChI is InChI=1S/C16H21N3.ClH/c1-12-3-5-15-9-14(4-6-16(15)18-12)11-19-8-7-17-13(2)10-19;/h3-6,9,13,17H,7-8,10-11H2,1-2H3;1H/t13-;/m0./s1. The third kappa shape index (κ3) is 3.48. The molecule has 1 fully saturated rings. The van der Waals surface area contributed by atoms with Crippen LogP contribution in [0.5, 0.6) is 0 Å². The summed E-state index contributed by atoms with van der Waals surface area (Å²) in [7, 11) is 0. The molecular formula is C16H22ClN3. The Morgan fingerprint density at radius 2 is 2.15 bits per heavy atom. The molecule has 1 aromatic heterocycles. The Hall–Kier alpha value is -1.16. The molecule has 3 nitrogen and oxygen atoms in total. The van der Waals surface area contributed by atoms with Crippen molar-refractivity contribution in [3.05, 3.63) is 41.6 Å². The van der Waals surface area contributed by atoms with Crippen LogP contribution in [0.3, 0.4) is 0 Å². The van der Waals surface area contributed by atoms with Gasteiger partial charge in [0.15, 0.2) is 0 Å². The number of benzene rings is 1. The van der Waals surface area contributed by atoms with Gasteiger partial charge in [-0.15, -0.1) is 12.4 Å². The number of aryl methyl sites for hydroxylation is 1. The number of hydrogen-bond acceptors (Lipinski definition) is 3. The van der Waals surface area contributed by atoms with Gasteiger partial charge in [0.2, 0.25) is 0 Å². The molecule has 2 aromatic rings. The highest BCUT2D eigenvalue weighted by Crippen LogP contribution is 2.16. The number of aromatic nitrogens is 1. The minimum Gasteiger partial charge on any atom is -0.312 e. The van der Waals surface area contributed by atoms with Gasteiger partial charge >= 0.3 is 0 Å². The molecule has 20 heavy (non-hydrogen) atoms. The van der Waals surface area contributed by atoms with Crippen molar-refractivity contribution in [3.63, 3.8) is 0 Å². The van der Waals surface area contributed by atoms with Crippen LogP contribution in [0.4, 0.5) is 0 Å². The first-order chi connectivity index (χ1) is 9.20. The second-order valence-electron chi connectivity index (χ2n) is 5.57. The Morgan fingerprint density at radius 1 is 1.30 bits per heavy atom. The van der Waals surface area contributed by atoms with E-state index in [9.17, 15) is 0 Å². The minimum absolute atomic E-state index is 0. The fourth-order valence-electron chi connectivity index (χ4n) is 2.79. The van der Waals surface area contributed by atoms with Gasteiger partial charge in [0.1, 0.15) is 0 Å². The molecule has 0 unspecified atom stereocenters. The predicted octanol–water partition coefficient (Wildman–Crippen LogP) is 2.76. The fourth-order valence-corrected chi connectivity index (χ4v) is 2.79. The van der Waals surface area contributed by atoms with Crippen molar-refractivity contribution in [2.24, 2.45) is 0 Å². The minimum atomic E-state index is 0. The summed E-state index contributed by atoms with van der Waals surface area (Å²) in [6, 6.07) is 11.5. The van der Waals surface area contributed by atoms with Crippen LogP contribution in [0.2, 0.25) is 0 Å². The molecule has 4 heteroatoms. The van der Waals surface area contributed by atoms with Gasteiger partial charge in [-0.05, 0) is 37.6 Å². The van der Waals surface area contributed by atoms with E-state index in [0.717, 1.165) is 37.4 Å². The number of rotatable bonds is 2. The smallest absolute Gasteiger partial charge is 0.0705 e. The second-order valence-corrected chi connectivity index (χ2v) is 5.57. The monoisotopic (exact) mass is 291 g/mol. The molecule has 1 aromatic carbocycles. The maximum absolute atomic E-state index is 4.55. The van der Waals surface area contributed by atoms with Gasteiger partial charge in [0.05, 0.1) is 5.52 Å². The van der Waals surface area contributed by atoms with E-state index in [2.05, 4.69) is 52.5 Å². The first-order valence-electron chi connectivity index (χ1n) is 7.03. The molecule has 2 heterocycles. The molecule has 1 aliphatic heterocycles. The highest BCUT2D eigenvalue weighted by molar-refractivity contribution is 5.85. The second kappa shape index (κ2) is 6.53. The molecular weight excluding hydrogens is 270 g/mol. The van der Waals surface area contributed by atoms with Crippen molar-refractivity contribution in [3.8, 4) is 0 Å². The third-order valence-corrected chi connectivity index (χ3v) is 3.75. The Labute approximate surface area is 126 Å². The van der Waals surface area contributed by atoms with Gasteiger partial charge in [0, 0.05) is 43.3 Å². The van der Waals surface area contributed by atoms with E-state index in [1.165, 1.54) is 10.9 Å². The number of nitrogens with zero attached hydrogens (tertiary/aromatic N) is 2. The van der Waals surface area contributed by atoms with Crippen LogP contribution >= 0.6 is 12.4 Å². The van der Waals surface area contributed by atoms with E-state index in [4.69, 9.17) is 0 Å². The number of nitrogens with one attached hydrogen (secondary N) is 1. The summed E-state index contributed by atoms with van der Waals surface area (Å²) in [5, 5.41) is 4.72. The predicted molar refractivity (Wildman–Crippen MR) is 86.5 cm³/mol. The number of pyridine rings is 1. The van der Waals surface area contributed by atoms with Crippen LogP contribution in [0.1, 0.15) is 18.2 Å². The van der Waals surface area contributed by atoms with Crippen molar-refractivity contribution in [1.82, 2.24) is 15.2 Å². The lowest BCUT2D eigenvalue weighted by atomic mass is 10.1. The number of piperazine rings is 1. The van der Waals surface area contributed by atoms with Crippen LogP contribution in [0.25, 0.3) is 10.9 Å². The van der Waals surface area contributed by atoms with E-state index in [1.54, 1.807) is 0 Å². The van der Waals surface area contributed by atoms with Crippen LogP contribution in [-0.4, -0.2) is 35.6 Å². The average molecular weight is 292 g/mol. The van der Waals surface area contributed by atoms with E-state index in [1.807, 2.05) is 6.92 Å². The largest absolute Gasteiger partial charge is 0.312 e. The van der Waals surface area contributed by atoms with Crippen LogP contribution in [-0.2, 0) is 6.54 Å². The zero-order valence-electron chi connectivity index (χ0n) is 12.1. The Balaban J connectivity index is 0.00000147. The molecule has 0 spiro atoms. The zero-order chi connectivity index (χ0) is 13.2. The summed E-state index contributed by atoms with van der Waals surface area (Å²) >= 11 is 0. The average Bonchev–Trinajstić information content (AvgIpc) is 2.39. The van der Waals surface area contributed by atoms with Crippen molar-refractivity contribution in [1.29, 1.82) is 0 Å². The van der Waals surface area contributed by atoms with Crippen LogP contribution in [0, 0.1) is 6.92 Å². The van der Waals surface area contributed by atoms with Crippen molar-refractivity contribution < 1.29 is 0 Å². The zero-order valence-corrected chi connectivity index (χ0v) is 12.9. The van der Waals surface area contributed by atoms with Crippen molar-refractivity contribution in [2.75, 3.05) is 19.6 Å². The quantitative estimate of drug-likeness (QED) is 0.922. The Bertz CT molecular complexity index is 585. The highest BCUT2D eigenvalue weighted by atomic mass is 35.5. The summed E-state index contributed by atoms with van der Waals surface area (Å²) in [5.41, 5.74) is 3.56. The van der Waals surface area contributed by atoms with E-state index >= 15 is 0 Å². The molecule has 1 saturated heterocycles. The third-order valence-electron chi connectivity index (χ3n) is 3.75. The van der Waals surface area contributed by atoms with Crippen LogP contribution < -0.4 is 5.32 Å². The molecule has 3 rings (SSSR count). The lowest BCUT2D eigenvalue weighted by Crippen LogP contribution is -2.48. The molecule has 0 amide bonds. The van der Waals surface area contributed by atoms with Gasteiger partial charge in [0.25, 0.3) is 0 Å². The molecule has 1 aliphatic rings. The molecule has 0 bridgehead atoms. The van der Waals surface area contributed by atoms with Gasteiger partial charge in [-0.3, -0.25) is 9.88 Å². The summed E-state index contributed by atoms with van der Waals surface area (Å²) in [4.78, 5) is 7.07. The molecule has 0 saturated carbocycles. The van der Waals surface area contributed by atoms with Crippen LogP contribution in [0.15, 0.2) is 30.3 Å². The number of hydrogen-bond donors (Lipinski definition) is 1. The maximum Gasteiger partial charge on any atom is 0.0705 e. The van der Waals surface area contributed by atoms with Crippen molar-refractivity contribution in [2.45, 2.75) is 26.4 Å². The van der Waals surface area contributed by atoms with Gasteiger partial charge in [-0.25, -0.2) is 0 Å². The van der Waals surface area contributed by atoms with Gasteiger partial charge in [-0.1, -0.05) is 12.1 Å². The lowest BCUT2D eigenvalue weighted by Gasteiger charge is -2.31. The maximum atomic E-state index is 4.55. The Kier molecular flexibility index (Phi) is 4.97. The molecule has 108 valence electrons. The summed E-state index contributed by atoms with van der Waals surface area (Å²) in [5.74, 6) is 0. The van der Waals surface area contributed by atoms with Gasteiger partial charge in [-0.2, -0.15) is 0 Å². The summed E-state index contributed by atoms with van der Waals surface area (Å²) in [6.45, 7) is 8.68. The number of fused-ring (bicyclic) bond motifs is 1. The van der Waals surface area contributed by atoms with Crippen molar-refractivity contribution >= 4 is 23.3 Å².